The highest BCUT2D eigenvalue weighted by Gasteiger charge is 2.34. The van der Waals surface area contributed by atoms with Gasteiger partial charge in [0.25, 0.3) is 0 Å². The summed E-state index contributed by atoms with van der Waals surface area (Å²) in [6.07, 6.45) is -0.906. The molecule has 0 spiro atoms. The zero-order chi connectivity index (χ0) is 22.6. The molecule has 0 unspecified atom stereocenters. The van der Waals surface area contributed by atoms with Gasteiger partial charge >= 0.3 is 6.18 Å². The third-order valence-electron chi connectivity index (χ3n) is 5.55. The summed E-state index contributed by atoms with van der Waals surface area (Å²) in [4.78, 5) is 4.32. The van der Waals surface area contributed by atoms with Crippen LogP contribution in [0.4, 0.5) is 13.2 Å². The summed E-state index contributed by atoms with van der Waals surface area (Å²) in [5.74, 6) is 1.36. The lowest BCUT2D eigenvalue weighted by atomic mass is 9.97. The molecule has 1 N–H and O–H groups in total. The van der Waals surface area contributed by atoms with E-state index in [4.69, 9.17) is 9.26 Å². The third kappa shape index (κ3) is 5.30. The molecule has 3 aromatic rings. The van der Waals surface area contributed by atoms with E-state index < -0.39 is 11.7 Å². The molecule has 0 amide bonds. The molecule has 1 aliphatic heterocycles. The molecule has 32 heavy (non-hydrogen) atoms. The van der Waals surface area contributed by atoms with Gasteiger partial charge in [0.1, 0.15) is 5.75 Å². The molecule has 1 fully saturated rings. The maximum Gasteiger partial charge on any atom is 0.416 e. The van der Waals surface area contributed by atoms with Crippen LogP contribution in [0.25, 0.3) is 11.4 Å². The molecular weight excluding hydrogens is 419 g/mol. The molecule has 0 aliphatic carbocycles. The van der Waals surface area contributed by atoms with Crippen LogP contribution in [0.2, 0.25) is 0 Å². The first kappa shape index (κ1) is 22.3. The van der Waals surface area contributed by atoms with Crippen molar-refractivity contribution in [1.29, 1.82) is 0 Å². The highest BCUT2D eigenvalue weighted by atomic mass is 19.4. The van der Waals surface area contributed by atoms with Gasteiger partial charge in [0.2, 0.25) is 11.7 Å². The van der Waals surface area contributed by atoms with Crippen LogP contribution in [-0.2, 0) is 19.0 Å². The predicted octanol–water partition coefficient (Wildman–Crippen LogP) is 5.75. The first-order valence-corrected chi connectivity index (χ1v) is 10.9. The molecule has 170 valence electrons. The molecule has 1 saturated heterocycles. The summed E-state index contributed by atoms with van der Waals surface area (Å²) in [5.41, 5.74) is 0.835. The molecule has 8 heteroatoms. The van der Waals surface area contributed by atoms with Crippen molar-refractivity contribution in [2.24, 2.45) is 0 Å². The standard InChI is InChI=1S/C24H26F3N3O2/c1-2-14-31-19-11-6-16(7-12-19)5-8-17-9-10-18(15-20(17)24(25,26)27)22-29-23(32-30-22)21-4-3-13-28-21/h6-7,9-12,15,21,28H,2-5,8,13-14H2,1H3/t21-/m0/s1. The van der Waals surface area contributed by atoms with E-state index in [9.17, 15) is 13.2 Å². The van der Waals surface area contributed by atoms with Crippen molar-refractivity contribution in [3.63, 3.8) is 0 Å². The molecule has 0 saturated carbocycles. The van der Waals surface area contributed by atoms with Gasteiger partial charge in [-0.05, 0) is 68.0 Å². The van der Waals surface area contributed by atoms with Crippen molar-refractivity contribution in [2.75, 3.05) is 13.2 Å². The second kappa shape index (κ2) is 9.73. The Labute approximate surface area is 185 Å². The van der Waals surface area contributed by atoms with Crippen molar-refractivity contribution in [2.45, 2.75) is 51.2 Å². The van der Waals surface area contributed by atoms with E-state index in [-0.39, 0.29) is 23.9 Å². The van der Waals surface area contributed by atoms with Gasteiger partial charge in [-0.3, -0.25) is 0 Å². The second-order valence-electron chi connectivity index (χ2n) is 7.97. The van der Waals surface area contributed by atoms with Gasteiger partial charge in [0.15, 0.2) is 0 Å². The summed E-state index contributed by atoms with van der Waals surface area (Å²) in [7, 11) is 0. The van der Waals surface area contributed by atoms with Crippen LogP contribution < -0.4 is 10.1 Å². The van der Waals surface area contributed by atoms with Gasteiger partial charge in [0.05, 0.1) is 18.2 Å². The van der Waals surface area contributed by atoms with Crippen molar-refractivity contribution < 1.29 is 22.4 Å². The fourth-order valence-electron chi connectivity index (χ4n) is 3.84. The summed E-state index contributed by atoms with van der Waals surface area (Å²) in [6.45, 7) is 3.53. The van der Waals surface area contributed by atoms with Crippen LogP contribution in [0.5, 0.6) is 5.75 Å². The molecule has 0 bridgehead atoms. The Kier molecular flexibility index (Phi) is 6.79. The van der Waals surface area contributed by atoms with Crippen LogP contribution in [0.15, 0.2) is 47.0 Å². The quantitative estimate of drug-likeness (QED) is 0.478. The topological polar surface area (TPSA) is 60.2 Å². The van der Waals surface area contributed by atoms with Gasteiger partial charge < -0.3 is 14.6 Å². The van der Waals surface area contributed by atoms with E-state index in [0.29, 0.717) is 24.5 Å². The van der Waals surface area contributed by atoms with Crippen molar-refractivity contribution >= 4 is 0 Å². The number of nitrogens with zero attached hydrogens (tertiary/aromatic N) is 2. The Hall–Kier alpha value is -2.87. The summed E-state index contributed by atoms with van der Waals surface area (Å²) < 4.78 is 52.2. The molecule has 5 nitrogen and oxygen atoms in total. The van der Waals surface area contributed by atoms with Crippen LogP contribution in [0, 0.1) is 0 Å². The maximum atomic E-state index is 13.8. The highest BCUT2D eigenvalue weighted by Crippen LogP contribution is 2.35. The zero-order valence-corrected chi connectivity index (χ0v) is 17.9. The molecule has 2 aromatic carbocycles. The predicted molar refractivity (Wildman–Crippen MR) is 114 cm³/mol. The van der Waals surface area contributed by atoms with E-state index in [2.05, 4.69) is 15.5 Å². The number of aryl methyl sites for hydroxylation is 2. The normalized spacial score (nSPS) is 16.4. The number of aromatic nitrogens is 2. The number of benzene rings is 2. The average Bonchev–Trinajstić information content (AvgIpc) is 3.48. The lowest BCUT2D eigenvalue weighted by molar-refractivity contribution is -0.138. The Morgan fingerprint density at radius 3 is 2.62 bits per heavy atom. The average molecular weight is 445 g/mol. The SMILES string of the molecule is CCCOc1ccc(CCc2ccc(-c3noc([C@@H]4CCCN4)n3)cc2C(F)(F)F)cc1. The number of nitrogens with one attached hydrogen (secondary N) is 1. The first-order chi connectivity index (χ1) is 15.4. The van der Waals surface area contributed by atoms with E-state index in [1.54, 1.807) is 6.07 Å². The van der Waals surface area contributed by atoms with Gasteiger partial charge in [-0.25, -0.2) is 0 Å². The number of hydrogen-bond donors (Lipinski definition) is 1. The lowest BCUT2D eigenvalue weighted by Gasteiger charge is -2.14. The maximum absolute atomic E-state index is 13.8. The summed E-state index contributed by atoms with van der Waals surface area (Å²) in [6, 6.07) is 11.7. The Balaban J connectivity index is 1.50. The summed E-state index contributed by atoms with van der Waals surface area (Å²) >= 11 is 0. The zero-order valence-electron chi connectivity index (χ0n) is 17.9. The molecule has 1 aromatic heterocycles. The van der Waals surface area contributed by atoms with Crippen LogP contribution in [0.3, 0.4) is 0 Å². The Morgan fingerprint density at radius 2 is 1.94 bits per heavy atom. The first-order valence-electron chi connectivity index (χ1n) is 10.9. The molecule has 1 atom stereocenters. The second-order valence-corrected chi connectivity index (χ2v) is 7.97. The number of rotatable bonds is 8. The molecule has 4 rings (SSSR count). The molecular formula is C24H26F3N3O2. The smallest absolute Gasteiger partial charge is 0.416 e. The fourth-order valence-corrected chi connectivity index (χ4v) is 3.84. The number of ether oxygens (including phenoxy) is 1. The minimum atomic E-state index is -4.47. The minimum absolute atomic E-state index is 0.0311. The van der Waals surface area contributed by atoms with Crippen LogP contribution in [-0.4, -0.2) is 23.3 Å². The van der Waals surface area contributed by atoms with Gasteiger partial charge in [0, 0.05) is 5.56 Å². The molecule has 0 radical (unpaired) electrons. The van der Waals surface area contributed by atoms with Crippen molar-refractivity contribution in [3.05, 3.63) is 65.0 Å². The largest absolute Gasteiger partial charge is 0.494 e. The van der Waals surface area contributed by atoms with Crippen molar-refractivity contribution in [1.82, 2.24) is 15.5 Å². The van der Waals surface area contributed by atoms with Crippen LogP contribution in [0.1, 0.15) is 54.8 Å². The van der Waals surface area contributed by atoms with E-state index in [1.807, 2.05) is 31.2 Å². The van der Waals surface area contributed by atoms with E-state index in [1.165, 1.54) is 6.07 Å². The third-order valence-corrected chi connectivity index (χ3v) is 5.55. The fraction of sp³-hybridized carbons (Fsp3) is 0.417. The van der Waals surface area contributed by atoms with Gasteiger partial charge in [-0.1, -0.05) is 36.3 Å². The highest BCUT2D eigenvalue weighted by molar-refractivity contribution is 5.57. The lowest BCUT2D eigenvalue weighted by Crippen LogP contribution is -2.13. The number of alkyl halides is 3. The monoisotopic (exact) mass is 445 g/mol. The van der Waals surface area contributed by atoms with Crippen molar-refractivity contribution in [3.8, 4) is 17.1 Å². The minimum Gasteiger partial charge on any atom is -0.494 e. The van der Waals surface area contributed by atoms with Crippen LogP contribution >= 0.6 is 0 Å². The number of halogens is 3. The number of hydrogen-bond acceptors (Lipinski definition) is 5. The van der Waals surface area contributed by atoms with Gasteiger partial charge in [-0.2, -0.15) is 18.2 Å². The Morgan fingerprint density at radius 1 is 1.12 bits per heavy atom. The molecule has 2 heterocycles. The van der Waals surface area contributed by atoms with E-state index >= 15 is 0 Å². The summed E-state index contributed by atoms with van der Waals surface area (Å²) in [5, 5.41) is 7.15. The van der Waals surface area contributed by atoms with E-state index in [0.717, 1.165) is 43.2 Å². The molecule has 1 aliphatic rings. The van der Waals surface area contributed by atoms with Gasteiger partial charge in [-0.15, -0.1) is 0 Å². The Bertz CT molecular complexity index is 1030.